The molecule has 0 radical (unpaired) electrons. The first-order valence-corrected chi connectivity index (χ1v) is 7.37. The second kappa shape index (κ2) is 8.14. The lowest BCUT2D eigenvalue weighted by Crippen LogP contribution is -2.10. The van der Waals surface area contributed by atoms with Crippen LogP contribution in [0.2, 0.25) is 5.02 Å². The number of hydrazone groups is 1. The first kappa shape index (κ1) is 16.0. The third-order valence-corrected chi connectivity index (χ3v) is 2.81. The van der Waals surface area contributed by atoms with Crippen molar-refractivity contribution in [2.45, 2.75) is 13.8 Å². The molecule has 0 bridgehead atoms. The Hall–Kier alpha value is -2.41. The Kier molecular flexibility index (Phi) is 5.91. The molecule has 2 rings (SSSR count). The molecule has 0 atom stereocenters. The summed E-state index contributed by atoms with van der Waals surface area (Å²) in [6, 6.07) is 7.35. The van der Waals surface area contributed by atoms with Gasteiger partial charge < -0.3 is 10.6 Å². The van der Waals surface area contributed by atoms with Crippen molar-refractivity contribution in [3.63, 3.8) is 0 Å². The van der Waals surface area contributed by atoms with E-state index in [2.05, 4.69) is 36.1 Å². The van der Waals surface area contributed by atoms with E-state index in [0.29, 0.717) is 22.9 Å². The van der Waals surface area contributed by atoms with Gasteiger partial charge in [0.15, 0.2) is 0 Å². The van der Waals surface area contributed by atoms with Crippen molar-refractivity contribution in [1.82, 2.24) is 15.0 Å². The lowest BCUT2D eigenvalue weighted by molar-refractivity contribution is 0.992. The average Bonchev–Trinajstić information content (AvgIpc) is 2.50. The van der Waals surface area contributed by atoms with Crippen molar-refractivity contribution < 1.29 is 0 Å². The van der Waals surface area contributed by atoms with Crippen molar-refractivity contribution in [1.29, 1.82) is 0 Å². The van der Waals surface area contributed by atoms with Gasteiger partial charge in [-0.15, -0.1) is 0 Å². The van der Waals surface area contributed by atoms with Crippen LogP contribution in [0.1, 0.15) is 19.4 Å². The molecule has 1 heterocycles. The standard InChI is InChI=1S/C14H18ClN7/c1-3-16-12-19-13(17-4-2)21-14(20-12)22-18-9-10-5-7-11(15)8-6-10/h5-9H,3-4H2,1-2H3,(H3,16,17,19,20,21,22). The van der Waals surface area contributed by atoms with Crippen LogP contribution in [0, 0.1) is 0 Å². The highest BCUT2D eigenvalue weighted by molar-refractivity contribution is 6.30. The highest BCUT2D eigenvalue weighted by Gasteiger charge is 2.04. The fourth-order valence-corrected chi connectivity index (χ4v) is 1.74. The first-order chi connectivity index (χ1) is 10.7. The molecule has 8 heteroatoms. The van der Waals surface area contributed by atoms with Crippen LogP contribution < -0.4 is 16.1 Å². The van der Waals surface area contributed by atoms with Gasteiger partial charge >= 0.3 is 0 Å². The average molecular weight is 320 g/mol. The van der Waals surface area contributed by atoms with E-state index in [1.54, 1.807) is 18.3 Å². The van der Waals surface area contributed by atoms with Gasteiger partial charge in [0, 0.05) is 18.1 Å². The zero-order valence-electron chi connectivity index (χ0n) is 12.5. The van der Waals surface area contributed by atoms with Crippen molar-refractivity contribution >= 4 is 35.7 Å². The Bertz CT molecular complexity index is 603. The van der Waals surface area contributed by atoms with E-state index in [1.165, 1.54) is 0 Å². The molecule has 0 amide bonds. The zero-order valence-corrected chi connectivity index (χ0v) is 13.2. The van der Waals surface area contributed by atoms with Gasteiger partial charge in [0.05, 0.1) is 6.21 Å². The highest BCUT2D eigenvalue weighted by atomic mass is 35.5. The molecule has 0 unspecified atom stereocenters. The van der Waals surface area contributed by atoms with Crippen molar-refractivity contribution in [2.75, 3.05) is 29.1 Å². The minimum Gasteiger partial charge on any atom is -0.354 e. The van der Waals surface area contributed by atoms with E-state index in [0.717, 1.165) is 18.7 Å². The molecule has 0 saturated carbocycles. The summed E-state index contributed by atoms with van der Waals surface area (Å²) in [7, 11) is 0. The summed E-state index contributed by atoms with van der Waals surface area (Å²) in [6.45, 7) is 5.40. The molecular formula is C14H18ClN7. The first-order valence-electron chi connectivity index (χ1n) is 6.99. The van der Waals surface area contributed by atoms with Gasteiger partial charge in [0.1, 0.15) is 0 Å². The number of aromatic nitrogens is 3. The molecule has 7 nitrogen and oxygen atoms in total. The fraction of sp³-hybridized carbons (Fsp3) is 0.286. The molecule has 0 saturated heterocycles. The summed E-state index contributed by atoms with van der Waals surface area (Å²) in [5, 5.41) is 10.9. The summed E-state index contributed by atoms with van der Waals surface area (Å²) < 4.78 is 0. The SMILES string of the molecule is CCNc1nc(NCC)nc(NN=Cc2ccc(Cl)cc2)n1. The largest absolute Gasteiger partial charge is 0.354 e. The molecule has 116 valence electrons. The molecule has 22 heavy (non-hydrogen) atoms. The third kappa shape index (κ3) is 4.85. The van der Waals surface area contributed by atoms with Gasteiger partial charge in [-0.1, -0.05) is 23.7 Å². The van der Waals surface area contributed by atoms with Crippen molar-refractivity contribution in [3.8, 4) is 0 Å². The minimum absolute atomic E-state index is 0.368. The maximum atomic E-state index is 5.83. The summed E-state index contributed by atoms with van der Waals surface area (Å²) in [6.07, 6.45) is 1.67. The molecule has 3 N–H and O–H groups in total. The molecule has 0 spiro atoms. The van der Waals surface area contributed by atoms with E-state index in [1.807, 2.05) is 26.0 Å². The van der Waals surface area contributed by atoms with Crippen LogP contribution >= 0.6 is 11.6 Å². The van der Waals surface area contributed by atoms with Crippen LogP contribution in [0.25, 0.3) is 0 Å². The quantitative estimate of drug-likeness (QED) is 0.537. The molecule has 2 aromatic rings. The van der Waals surface area contributed by atoms with Crippen LogP contribution in [0.4, 0.5) is 17.8 Å². The van der Waals surface area contributed by atoms with Crippen molar-refractivity contribution in [2.24, 2.45) is 5.10 Å². The Balaban J connectivity index is 2.08. The van der Waals surface area contributed by atoms with Gasteiger partial charge in [-0.25, -0.2) is 5.43 Å². The number of halogens is 1. The predicted octanol–water partition coefficient (Wildman–Crippen LogP) is 2.83. The van der Waals surface area contributed by atoms with Crippen LogP contribution in [-0.2, 0) is 0 Å². The number of nitrogens with zero attached hydrogens (tertiary/aromatic N) is 4. The van der Waals surface area contributed by atoms with Gasteiger partial charge in [-0.05, 0) is 31.5 Å². The van der Waals surface area contributed by atoms with Crippen molar-refractivity contribution in [3.05, 3.63) is 34.9 Å². The number of benzene rings is 1. The maximum Gasteiger partial charge on any atom is 0.250 e. The molecular weight excluding hydrogens is 302 g/mol. The van der Waals surface area contributed by atoms with E-state index in [9.17, 15) is 0 Å². The molecule has 0 aliphatic rings. The monoisotopic (exact) mass is 319 g/mol. The van der Waals surface area contributed by atoms with Gasteiger partial charge in [0.2, 0.25) is 17.8 Å². The molecule has 0 fully saturated rings. The molecule has 1 aromatic heterocycles. The number of hydrogen-bond acceptors (Lipinski definition) is 7. The molecule has 0 aliphatic carbocycles. The number of anilines is 3. The smallest absolute Gasteiger partial charge is 0.250 e. The Morgan fingerprint density at radius 2 is 1.50 bits per heavy atom. The lowest BCUT2D eigenvalue weighted by Gasteiger charge is -2.07. The summed E-state index contributed by atoms with van der Waals surface area (Å²) in [5.74, 6) is 1.36. The van der Waals surface area contributed by atoms with E-state index < -0.39 is 0 Å². The zero-order chi connectivity index (χ0) is 15.8. The highest BCUT2D eigenvalue weighted by Crippen LogP contribution is 2.10. The van der Waals surface area contributed by atoms with Gasteiger partial charge in [-0.3, -0.25) is 0 Å². The lowest BCUT2D eigenvalue weighted by atomic mass is 10.2. The maximum absolute atomic E-state index is 5.83. The van der Waals surface area contributed by atoms with E-state index in [4.69, 9.17) is 11.6 Å². The molecule has 0 aliphatic heterocycles. The number of hydrogen-bond donors (Lipinski definition) is 3. The predicted molar refractivity (Wildman–Crippen MR) is 90.8 cm³/mol. The topological polar surface area (TPSA) is 87.1 Å². The van der Waals surface area contributed by atoms with Gasteiger partial charge in [0.25, 0.3) is 0 Å². The van der Waals surface area contributed by atoms with E-state index in [-0.39, 0.29) is 0 Å². The van der Waals surface area contributed by atoms with Crippen LogP contribution in [-0.4, -0.2) is 34.3 Å². The summed E-state index contributed by atoms with van der Waals surface area (Å²) in [4.78, 5) is 12.7. The normalized spacial score (nSPS) is 10.7. The fourth-order valence-electron chi connectivity index (χ4n) is 1.61. The summed E-state index contributed by atoms with van der Waals surface area (Å²) >= 11 is 5.83. The molecule has 1 aromatic carbocycles. The minimum atomic E-state index is 0.368. The number of nitrogens with one attached hydrogen (secondary N) is 3. The van der Waals surface area contributed by atoms with Crippen LogP contribution in [0.5, 0.6) is 0 Å². The number of rotatable bonds is 7. The van der Waals surface area contributed by atoms with Gasteiger partial charge in [-0.2, -0.15) is 20.1 Å². The Morgan fingerprint density at radius 3 is 2.05 bits per heavy atom. The second-order valence-electron chi connectivity index (χ2n) is 4.29. The Labute approximate surface area is 134 Å². The van der Waals surface area contributed by atoms with E-state index >= 15 is 0 Å². The van der Waals surface area contributed by atoms with Crippen LogP contribution in [0.15, 0.2) is 29.4 Å². The third-order valence-electron chi connectivity index (χ3n) is 2.55. The Morgan fingerprint density at radius 1 is 0.955 bits per heavy atom. The second-order valence-corrected chi connectivity index (χ2v) is 4.72. The summed E-state index contributed by atoms with van der Waals surface area (Å²) in [5.41, 5.74) is 3.72. The van der Waals surface area contributed by atoms with Crippen LogP contribution in [0.3, 0.4) is 0 Å².